The highest BCUT2D eigenvalue weighted by atomic mass is 35.5. The van der Waals surface area contributed by atoms with Crippen molar-refractivity contribution >= 4 is 35.4 Å². The molecule has 2 N–H and O–H groups in total. The van der Waals surface area contributed by atoms with E-state index in [1.165, 1.54) is 24.5 Å². The molecule has 1 aromatic heterocycles. The minimum atomic E-state index is -1.27. The first-order chi connectivity index (χ1) is 10.1. The van der Waals surface area contributed by atoms with E-state index in [9.17, 15) is 9.59 Å². The Bertz CT molecular complexity index is 716. The minimum Gasteiger partial charge on any atom is -0.476 e. The zero-order chi connectivity index (χ0) is 15.2. The Morgan fingerprint density at radius 1 is 1.19 bits per heavy atom. The molecular weight excluding hydrogens is 294 g/mol. The average Bonchev–Trinajstić information content (AvgIpc) is 2.47. The van der Waals surface area contributed by atoms with Gasteiger partial charge in [-0.05, 0) is 17.7 Å². The summed E-state index contributed by atoms with van der Waals surface area (Å²) in [6, 6.07) is 7.01. The summed E-state index contributed by atoms with van der Waals surface area (Å²) >= 11 is 5.95. The largest absolute Gasteiger partial charge is 0.476 e. The van der Waals surface area contributed by atoms with Gasteiger partial charge in [-0.2, -0.15) is 0 Å². The molecule has 2 aromatic rings. The smallest absolute Gasteiger partial charge is 0.358 e. The predicted molar refractivity (Wildman–Crippen MR) is 78.1 cm³/mol. The highest BCUT2D eigenvalue weighted by Gasteiger charge is 2.13. The van der Waals surface area contributed by atoms with Gasteiger partial charge in [-0.1, -0.05) is 29.8 Å². The first-order valence-electron chi connectivity index (χ1n) is 5.86. The van der Waals surface area contributed by atoms with Gasteiger partial charge in [-0.3, -0.25) is 4.79 Å². The Balaban J connectivity index is 2.13. The molecule has 0 saturated carbocycles. The van der Waals surface area contributed by atoms with Crippen LogP contribution in [-0.4, -0.2) is 27.0 Å². The number of aromatic carboxylic acids is 1. The number of benzene rings is 1. The number of anilines is 1. The van der Waals surface area contributed by atoms with Crippen LogP contribution in [0, 0.1) is 0 Å². The average molecular weight is 304 g/mol. The van der Waals surface area contributed by atoms with E-state index in [1.807, 2.05) is 0 Å². The van der Waals surface area contributed by atoms with Gasteiger partial charge in [-0.15, -0.1) is 0 Å². The van der Waals surface area contributed by atoms with Crippen LogP contribution in [0.4, 0.5) is 5.82 Å². The lowest BCUT2D eigenvalue weighted by Gasteiger charge is -2.03. The molecule has 0 aliphatic carbocycles. The van der Waals surface area contributed by atoms with Gasteiger partial charge < -0.3 is 10.4 Å². The third kappa shape index (κ3) is 3.87. The Labute approximate surface area is 125 Å². The van der Waals surface area contributed by atoms with E-state index in [2.05, 4.69) is 15.3 Å². The molecule has 106 valence electrons. The summed E-state index contributed by atoms with van der Waals surface area (Å²) in [6.45, 7) is 0. The number of nitrogens with zero attached hydrogens (tertiary/aromatic N) is 2. The van der Waals surface area contributed by atoms with Crippen LogP contribution in [-0.2, 0) is 4.79 Å². The first-order valence-corrected chi connectivity index (χ1v) is 6.23. The van der Waals surface area contributed by atoms with E-state index in [0.717, 1.165) is 0 Å². The van der Waals surface area contributed by atoms with E-state index < -0.39 is 11.9 Å². The highest BCUT2D eigenvalue weighted by molar-refractivity contribution is 6.32. The van der Waals surface area contributed by atoms with E-state index in [1.54, 1.807) is 24.3 Å². The fourth-order valence-corrected chi connectivity index (χ4v) is 1.72. The van der Waals surface area contributed by atoms with Crippen LogP contribution >= 0.6 is 11.6 Å². The number of carbonyl (C=O) groups is 2. The van der Waals surface area contributed by atoms with Crippen LogP contribution in [0.2, 0.25) is 5.02 Å². The van der Waals surface area contributed by atoms with Crippen LogP contribution in [0.25, 0.3) is 6.08 Å². The van der Waals surface area contributed by atoms with Crippen LogP contribution in [0.3, 0.4) is 0 Å². The van der Waals surface area contributed by atoms with Crippen molar-refractivity contribution in [3.63, 3.8) is 0 Å². The second kappa shape index (κ2) is 6.62. The van der Waals surface area contributed by atoms with Crippen molar-refractivity contribution in [2.45, 2.75) is 0 Å². The molecule has 0 fully saturated rings. The predicted octanol–water partition coefficient (Wildman–Crippen LogP) is 2.48. The molecule has 6 nitrogen and oxygen atoms in total. The zero-order valence-electron chi connectivity index (χ0n) is 10.7. The van der Waals surface area contributed by atoms with E-state index >= 15 is 0 Å². The van der Waals surface area contributed by atoms with E-state index in [0.29, 0.717) is 10.6 Å². The Morgan fingerprint density at radius 2 is 1.90 bits per heavy atom. The SMILES string of the molecule is O=C(C=Cc1ccccc1Cl)Nc1nccnc1C(=O)O. The molecule has 0 atom stereocenters. The van der Waals surface area contributed by atoms with Gasteiger partial charge in [0.15, 0.2) is 11.5 Å². The molecule has 0 aliphatic heterocycles. The van der Waals surface area contributed by atoms with Crippen LogP contribution in [0.1, 0.15) is 16.1 Å². The third-order valence-electron chi connectivity index (χ3n) is 2.46. The lowest BCUT2D eigenvalue weighted by Crippen LogP contribution is -2.14. The van der Waals surface area contributed by atoms with E-state index in [-0.39, 0.29) is 11.5 Å². The normalized spacial score (nSPS) is 10.5. The summed E-state index contributed by atoms with van der Waals surface area (Å²) < 4.78 is 0. The third-order valence-corrected chi connectivity index (χ3v) is 2.81. The molecule has 1 heterocycles. The second-order valence-corrected chi connectivity index (χ2v) is 4.31. The molecule has 21 heavy (non-hydrogen) atoms. The molecule has 0 unspecified atom stereocenters. The molecule has 0 radical (unpaired) electrons. The molecule has 0 saturated heterocycles. The minimum absolute atomic E-state index is 0.112. The summed E-state index contributed by atoms with van der Waals surface area (Å²) in [7, 11) is 0. The van der Waals surface area contributed by atoms with Crippen LogP contribution in [0.15, 0.2) is 42.7 Å². The molecule has 0 aliphatic rings. The van der Waals surface area contributed by atoms with Crippen molar-refractivity contribution in [3.05, 3.63) is 59.0 Å². The van der Waals surface area contributed by atoms with Gasteiger partial charge in [0.05, 0.1) is 0 Å². The molecular formula is C14H10ClN3O3. The maximum atomic E-state index is 11.8. The fraction of sp³-hybridized carbons (Fsp3) is 0. The summed E-state index contributed by atoms with van der Waals surface area (Å²) in [6.07, 6.45) is 5.29. The van der Waals surface area contributed by atoms with Crippen LogP contribution in [0.5, 0.6) is 0 Å². The quantitative estimate of drug-likeness (QED) is 0.847. The number of halogens is 1. The van der Waals surface area contributed by atoms with Crippen molar-refractivity contribution in [2.75, 3.05) is 5.32 Å². The standard InChI is InChI=1S/C14H10ClN3O3/c15-10-4-2-1-3-9(10)5-6-11(19)18-13-12(14(20)21)16-7-8-17-13/h1-8H,(H,20,21)(H,17,18,19). The van der Waals surface area contributed by atoms with Gasteiger partial charge in [0.25, 0.3) is 0 Å². The summed E-state index contributed by atoms with van der Waals surface area (Å²) in [4.78, 5) is 30.1. The van der Waals surface area contributed by atoms with Crippen LogP contribution < -0.4 is 5.32 Å². The first kappa shape index (κ1) is 14.7. The van der Waals surface area contributed by atoms with Gasteiger partial charge in [0.2, 0.25) is 5.91 Å². The number of aromatic nitrogens is 2. The van der Waals surface area contributed by atoms with Crippen molar-refractivity contribution in [3.8, 4) is 0 Å². The van der Waals surface area contributed by atoms with Gasteiger partial charge in [0, 0.05) is 23.5 Å². The van der Waals surface area contributed by atoms with Gasteiger partial charge in [-0.25, -0.2) is 14.8 Å². The van der Waals surface area contributed by atoms with Crippen molar-refractivity contribution in [1.82, 2.24) is 9.97 Å². The number of hydrogen-bond acceptors (Lipinski definition) is 4. The number of carboxylic acids is 1. The molecule has 7 heteroatoms. The van der Waals surface area contributed by atoms with Gasteiger partial charge >= 0.3 is 5.97 Å². The number of hydrogen-bond donors (Lipinski definition) is 2. The monoisotopic (exact) mass is 303 g/mol. The zero-order valence-corrected chi connectivity index (χ0v) is 11.4. The fourth-order valence-electron chi connectivity index (χ4n) is 1.52. The number of carboxylic acid groups (broad SMARTS) is 1. The molecule has 1 aromatic carbocycles. The summed E-state index contributed by atoms with van der Waals surface area (Å²) in [5, 5.41) is 11.8. The molecule has 1 amide bonds. The molecule has 0 bridgehead atoms. The number of carbonyl (C=O) groups excluding carboxylic acids is 1. The van der Waals surface area contributed by atoms with Gasteiger partial charge in [0.1, 0.15) is 0 Å². The maximum Gasteiger partial charge on any atom is 0.358 e. The highest BCUT2D eigenvalue weighted by Crippen LogP contribution is 2.16. The second-order valence-electron chi connectivity index (χ2n) is 3.90. The van der Waals surface area contributed by atoms with Crippen molar-refractivity contribution < 1.29 is 14.7 Å². The summed E-state index contributed by atoms with van der Waals surface area (Å²) in [5.41, 5.74) is 0.351. The summed E-state index contributed by atoms with van der Waals surface area (Å²) in [5.74, 6) is -1.91. The lowest BCUT2D eigenvalue weighted by molar-refractivity contribution is -0.111. The Kier molecular flexibility index (Phi) is 4.63. The number of amides is 1. The van der Waals surface area contributed by atoms with Crippen molar-refractivity contribution in [2.24, 2.45) is 0 Å². The maximum absolute atomic E-state index is 11.8. The number of rotatable bonds is 4. The topological polar surface area (TPSA) is 92.2 Å². The Morgan fingerprint density at radius 3 is 2.62 bits per heavy atom. The Hall–Kier alpha value is -2.73. The lowest BCUT2D eigenvalue weighted by atomic mass is 10.2. The molecule has 0 spiro atoms. The number of nitrogens with one attached hydrogen (secondary N) is 1. The van der Waals surface area contributed by atoms with Crippen molar-refractivity contribution in [1.29, 1.82) is 0 Å². The molecule has 2 rings (SSSR count). The van der Waals surface area contributed by atoms with E-state index in [4.69, 9.17) is 16.7 Å².